The molecular weight excluding hydrogens is 423 g/mol. The van der Waals surface area contributed by atoms with Crippen molar-refractivity contribution in [2.75, 3.05) is 12.3 Å². The Hall–Kier alpha value is -1.64. The lowest BCUT2D eigenvalue weighted by atomic mass is 10.0. The Morgan fingerprint density at radius 1 is 1.11 bits per heavy atom. The van der Waals surface area contributed by atoms with E-state index in [1.165, 1.54) is 18.2 Å². The van der Waals surface area contributed by atoms with E-state index in [2.05, 4.69) is 5.32 Å². The highest BCUT2D eigenvalue weighted by Gasteiger charge is 2.23. The van der Waals surface area contributed by atoms with Crippen LogP contribution in [-0.2, 0) is 21.1 Å². The van der Waals surface area contributed by atoms with Gasteiger partial charge < -0.3 is 16.2 Å². The van der Waals surface area contributed by atoms with Gasteiger partial charge in [-0.05, 0) is 36.6 Å². The Labute approximate surface area is 174 Å². The van der Waals surface area contributed by atoms with Crippen LogP contribution in [0.1, 0.15) is 12.0 Å². The molecule has 0 spiro atoms. The van der Waals surface area contributed by atoms with E-state index in [0.717, 1.165) is 5.56 Å². The highest BCUT2D eigenvalue weighted by Crippen LogP contribution is 2.25. The molecule has 0 radical (unpaired) electrons. The van der Waals surface area contributed by atoms with Crippen molar-refractivity contribution < 1.29 is 18.3 Å². The number of hydrogen-bond acceptors (Lipinski definition) is 5. The molecule has 2 atom stereocenters. The van der Waals surface area contributed by atoms with E-state index in [1.807, 2.05) is 30.3 Å². The summed E-state index contributed by atoms with van der Waals surface area (Å²) < 4.78 is 24.6. The highest BCUT2D eigenvalue weighted by atomic mass is 35.5. The van der Waals surface area contributed by atoms with Gasteiger partial charge in [0, 0.05) is 12.6 Å². The molecule has 0 aliphatic heterocycles. The van der Waals surface area contributed by atoms with Gasteiger partial charge in [0.25, 0.3) is 0 Å². The number of halogens is 2. The minimum atomic E-state index is -3.56. The zero-order valence-corrected chi connectivity index (χ0v) is 17.3. The summed E-state index contributed by atoms with van der Waals surface area (Å²) in [5.41, 5.74) is 6.81. The number of carbonyl (C=O) groups excluding carboxylic acids is 1. The molecule has 2 unspecified atom stereocenters. The minimum absolute atomic E-state index is 0.0677. The number of nitrogens with one attached hydrogen (secondary N) is 1. The van der Waals surface area contributed by atoms with Crippen molar-refractivity contribution in [2.45, 2.75) is 29.9 Å². The molecule has 0 fully saturated rings. The number of nitrogens with two attached hydrogens (primary N) is 1. The molecule has 0 aliphatic rings. The molecule has 2 aromatic carbocycles. The smallest absolute Gasteiger partial charge is 0.250 e. The first-order valence-corrected chi connectivity index (χ1v) is 11.0. The van der Waals surface area contributed by atoms with E-state index in [0.29, 0.717) is 6.42 Å². The van der Waals surface area contributed by atoms with Gasteiger partial charge in [-0.1, -0.05) is 53.5 Å². The third kappa shape index (κ3) is 6.46. The average molecular weight is 445 g/mol. The van der Waals surface area contributed by atoms with E-state index in [-0.39, 0.29) is 33.7 Å². The monoisotopic (exact) mass is 444 g/mol. The number of carbonyl (C=O) groups is 1. The van der Waals surface area contributed by atoms with Crippen molar-refractivity contribution >= 4 is 38.9 Å². The van der Waals surface area contributed by atoms with Crippen molar-refractivity contribution in [1.29, 1.82) is 0 Å². The predicted octanol–water partition coefficient (Wildman–Crippen LogP) is 2.20. The van der Waals surface area contributed by atoms with E-state index in [4.69, 9.17) is 28.9 Å². The quantitative estimate of drug-likeness (QED) is 0.513. The van der Waals surface area contributed by atoms with Crippen LogP contribution < -0.4 is 11.1 Å². The molecule has 1 amide bonds. The van der Waals surface area contributed by atoms with E-state index in [1.54, 1.807) is 0 Å². The Balaban J connectivity index is 1.80. The van der Waals surface area contributed by atoms with Gasteiger partial charge in [0.05, 0.1) is 20.7 Å². The van der Waals surface area contributed by atoms with Gasteiger partial charge in [-0.15, -0.1) is 0 Å². The molecule has 2 aromatic rings. The molecule has 2 rings (SSSR count). The summed E-state index contributed by atoms with van der Waals surface area (Å²) in [7, 11) is -3.56. The average Bonchev–Trinajstić information content (AvgIpc) is 2.67. The normalized spacial score (nSPS) is 13.7. The van der Waals surface area contributed by atoms with Crippen LogP contribution >= 0.6 is 23.2 Å². The lowest BCUT2D eigenvalue weighted by Gasteiger charge is -2.18. The maximum Gasteiger partial charge on any atom is 0.250 e. The van der Waals surface area contributed by atoms with Crippen molar-refractivity contribution in [2.24, 2.45) is 5.73 Å². The number of amides is 1. The van der Waals surface area contributed by atoms with Crippen LogP contribution in [0.4, 0.5) is 0 Å². The summed E-state index contributed by atoms with van der Waals surface area (Å²) in [5.74, 6) is -0.812. The Kier molecular flexibility index (Phi) is 8.27. The fourth-order valence-electron chi connectivity index (χ4n) is 2.56. The molecule has 6 nitrogen and oxygen atoms in total. The highest BCUT2D eigenvalue weighted by molar-refractivity contribution is 7.91. The van der Waals surface area contributed by atoms with E-state index < -0.39 is 27.9 Å². The third-order valence-corrected chi connectivity index (χ3v) is 6.66. The van der Waals surface area contributed by atoms with E-state index >= 15 is 0 Å². The van der Waals surface area contributed by atoms with Crippen LogP contribution in [-0.4, -0.2) is 43.9 Å². The van der Waals surface area contributed by atoms with Crippen molar-refractivity contribution in [1.82, 2.24) is 5.32 Å². The minimum Gasteiger partial charge on any atom is -0.382 e. The van der Waals surface area contributed by atoms with Crippen LogP contribution in [0.3, 0.4) is 0 Å². The topological polar surface area (TPSA) is 109 Å². The van der Waals surface area contributed by atoms with Gasteiger partial charge in [-0.3, -0.25) is 4.79 Å². The summed E-state index contributed by atoms with van der Waals surface area (Å²) in [6.07, 6.45) is -0.859. The number of rotatable bonds is 9. The lowest BCUT2D eigenvalue weighted by molar-refractivity contribution is -0.130. The largest absolute Gasteiger partial charge is 0.382 e. The number of aliphatic hydroxyl groups is 1. The molecule has 0 aliphatic carbocycles. The first-order chi connectivity index (χ1) is 13.2. The molecule has 0 saturated carbocycles. The first-order valence-electron chi connectivity index (χ1n) is 8.64. The molecular formula is C19H22Cl2N2O4S. The summed E-state index contributed by atoms with van der Waals surface area (Å²) in [5, 5.41) is 13.0. The van der Waals surface area contributed by atoms with Crippen molar-refractivity contribution in [3.05, 3.63) is 64.1 Å². The number of aliphatic hydroxyl groups excluding tert-OH is 1. The summed E-state index contributed by atoms with van der Waals surface area (Å²) in [6, 6.07) is 12.6. The second-order valence-electron chi connectivity index (χ2n) is 6.34. The molecule has 0 bridgehead atoms. The molecule has 0 saturated heterocycles. The second-order valence-corrected chi connectivity index (χ2v) is 9.26. The zero-order valence-electron chi connectivity index (χ0n) is 15.0. The van der Waals surface area contributed by atoms with Gasteiger partial charge in [-0.2, -0.15) is 0 Å². The summed E-state index contributed by atoms with van der Waals surface area (Å²) in [6.45, 7) is 0.0918. The molecule has 4 N–H and O–H groups in total. The van der Waals surface area contributed by atoms with Gasteiger partial charge in [0.1, 0.15) is 6.10 Å². The standard InChI is InChI=1S/C19H22Cl2N2O4S/c20-15-8-7-14(12-16(15)21)28(26,27)10-4-9-23-19(25)18(24)17(22)11-13-5-2-1-3-6-13/h1-3,5-8,12,17-18,24H,4,9-11,22H2,(H,23,25). The summed E-state index contributed by atoms with van der Waals surface area (Å²) >= 11 is 11.6. The Bertz CT molecular complexity index is 907. The number of hydrogen-bond donors (Lipinski definition) is 3. The second kappa shape index (κ2) is 10.2. The van der Waals surface area contributed by atoms with Gasteiger partial charge in [0.15, 0.2) is 9.84 Å². The van der Waals surface area contributed by atoms with Crippen LogP contribution in [0.5, 0.6) is 0 Å². The number of benzene rings is 2. The zero-order chi connectivity index (χ0) is 20.7. The lowest BCUT2D eigenvalue weighted by Crippen LogP contribution is -2.47. The molecule has 28 heavy (non-hydrogen) atoms. The fourth-order valence-corrected chi connectivity index (χ4v) is 4.25. The van der Waals surface area contributed by atoms with Crippen molar-refractivity contribution in [3.63, 3.8) is 0 Å². The Morgan fingerprint density at radius 3 is 2.43 bits per heavy atom. The van der Waals surface area contributed by atoms with Crippen LogP contribution in [0.2, 0.25) is 10.0 Å². The van der Waals surface area contributed by atoms with Crippen molar-refractivity contribution in [3.8, 4) is 0 Å². The SMILES string of the molecule is NC(Cc1ccccc1)C(O)C(=O)NCCCS(=O)(=O)c1ccc(Cl)c(Cl)c1. The van der Waals surface area contributed by atoms with Crippen LogP contribution in [0.15, 0.2) is 53.4 Å². The van der Waals surface area contributed by atoms with E-state index in [9.17, 15) is 18.3 Å². The van der Waals surface area contributed by atoms with Gasteiger partial charge in [-0.25, -0.2) is 8.42 Å². The molecule has 152 valence electrons. The molecule has 0 heterocycles. The van der Waals surface area contributed by atoms with Gasteiger partial charge in [0.2, 0.25) is 5.91 Å². The maximum atomic E-state index is 12.3. The van der Waals surface area contributed by atoms with Gasteiger partial charge >= 0.3 is 0 Å². The van der Waals surface area contributed by atoms with Crippen LogP contribution in [0.25, 0.3) is 0 Å². The Morgan fingerprint density at radius 2 is 1.79 bits per heavy atom. The predicted molar refractivity (Wildman–Crippen MR) is 110 cm³/mol. The van der Waals surface area contributed by atoms with Crippen LogP contribution in [0, 0.1) is 0 Å². The molecule has 9 heteroatoms. The number of sulfone groups is 1. The fraction of sp³-hybridized carbons (Fsp3) is 0.316. The first kappa shape index (κ1) is 22.6. The third-order valence-electron chi connectivity index (χ3n) is 4.13. The maximum absolute atomic E-state index is 12.3. The summed E-state index contributed by atoms with van der Waals surface area (Å²) in [4.78, 5) is 12.1. The molecule has 0 aromatic heterocycles.